The second kappa shape index (κ2) is 9.97. The van der Waals surface area contributed by atoms with Gasteiger partial charge in [-0.2, -0.15) is 0 Å². The van der Waals surface area contributed by atoms with E-state index >= 15 is 0 Å². The van der Waals surface area contributed by atoms with Crippen molar-refractivity contribution in [2.24, 2.45) is 52.3 Å². The van der Waals surface area contributed by atoms with Crippen LogP contribution < -0.4 is 0 Å². The van der Waals surface area contributed by atoms with Crippen LogP contribution in [0.15, 0.2) is 0 Å². The van der Waals surface area contributed by atoms with Gasteiger partial charge in [0.2, 0.25) is 0 Å². The maximum atomic E-state index is 6.19. The van der Waals surface area contributed by atoms with Crippen molar-refractivity contribution < 1.29 is 4.74 Å². The van der Waals surface area contributed by atoms with E-state index in [1.54, 1.807) is 0 Å². The van der Waals surface area contributed by atoms with Crippen LogP contribution in [-0.4, -0.2) is 18.0 Å². The minimum atomic E-state index is 0.531. The molecule has 2 heteroatoms. The number of ether oxygens (including phenoxy) is 1. The van der Waals surface area contributed by atoms with E-state index in [1.807, 2.05) is 0 Å². The molecule has 0 N–H and O–H groups in total. The second-order valence-corrected chi connectivity index (χ2v) is 13.9. The Hall–Kier alpha value is 0.440. The fourth-order valence-electron chi connectivity index (χ4n) is 9.61. The van der Waals surface area contributed by atoms with Crippen molar-refractivity contribution in [3.63, 3.8) is 0 Å². The molecule has 9 unspecified atom stereocenters. The molecule has 4 fully saturated rings. The molecule has 0 bridgehead atoms. The largest absolute Gasteiger partial charge is 0.377 e. The first-order chi connectivity index (χ1) is 14.8. The highest BCUT2D eigenvalue weighted by Gasteiger charge is 2.60. The Kier molecular flexibility index (Phi) is 7.90. The zero-order valence-electron chi connectivity index (χ0n) is 21.3. The summed E-state index contributed by atoms with van der Waals surface area (Å²) < 4.78 is 6.19. The third kappa shape index (κ3) is 4.69. The summed E-state index contributed by atoms with van der Waals surface area (Å²) in [4.78, 5) is 0. The Morgan fingerprint density at radius 3 is 2.35 bits per heavy atom. The van der Waals surface area contributed by atoms with Gasteiger partial charge in [-0.15, -0.1) is 0 Å². The van der Waals surface area contributed by atoms with Crippen LogP contribution in [0.4, 0.5) is 0 Å². The molecule has 1 nitrogen and oxygen atoms in total. The Morgan fingerprint density at radius 2 is 1.61 bits per heavy atom. The highest BCUT2D eigenvalue weighted by atomic mass is 79.9. The predicted octanol–water partition coefficient (Wildman–Crippen LogP) is 8.89. The summed E-state index contributed by atoms with van der Waals surface area (Å²) in [5.74, 6) is 6.74. The van der Waals surface area contributed by atoms with Gasteiger partial charge in [0.25, 0.3) is 0 Å². The van der Waals surface area contributed by atoms with Crippen LogP contribution in [0.25, 0.3) is 0 Å². The van der Waals surface area contributed by atoms with E-state index in [0.29, 0.717) is 16.9 Å². The van der Waals surface area contributed by atoms with Crippen LogP contribution in [0.2, 0.25) is 0 Å². The molecule has 0 radical (unpaired) electrons. The quantitative estimate of drug-likeness (QED) is 0.306. The van der Waals surface area contributed by atoms with Crippen molar-refractivity contribution >= 4 is 15.9 Å². The predicted molar refractivity (Wildman–Crippen MR) is 137 cm³/mol. The van der Waals surface area contributed by atoms with Gasteiger partial charge in [0, 0.05) is 5.33 Å². The summed E-state index contributed by atoms with van der Waals surface area (Å²) in [6.45, 7) is 13.7. The van der Waals surface area contributed by atoms with Gasteiger partial charge in [-0.05, 0) is 110 Å². The number of hydrogen-bond acceptors (Lipinski definition) is 1. The number of hydrogen-bond donors (Lipinski definition) is 0. The van der Waals surface area contributed by atoms with Gasteiger partial charge in [0.15, 0.2) is 0 Å². The summed E-state index contributed by atoms with van der Waals surface area (Å²) in [6, 6.07) is 0. The van der Waals surface area contributed by atoms with E-state index in [0.717, 1.165) is 53.4 Å². The maximum Gasteiger partial charge on any atom is 0.0578 e. The summed E-state index contributed by atoms with van der Waals surface area (Å²) in [5, 5.41) is 0.980. The first kappa shape index (κ1) is 24.6. The molecular weight excluding hydrogens is 444 g/mol. The maximum absolute atomic E-state index is 6.19. The van der Waals surface area contributed by atoms with E-state index in [-0.39, 0.29) is 0 Å². The zero-order chi connectivity index (χ0) is 22.2. The first-order valence-electron chi connectivity index (χ1n) is 14.0. The van der Waals surface area contributed by atoms with Gasteiger partial charge in [-0.25, -0.2) is 0 Å². The zero-order valence-corrected chi connectivity index (χ0v) is 22.9. The van der Waals surface area contributed by atoms with E-state index < -0.39 is 0 Å². The first-order valence-corrected chi connectivity index (χ1v) is 15.1. The Bertz CT molecular complexity index is 589. The van der Waals surface area contributed by atoms with Crippen LogP contribution >= 0.6 is 15.9 Å². The molecule has 4 saturated carbocycles. The normalized spacial score (nSPS) is 45.8. The summed E-state index contributed by atoms with van der Waals surface area (Å²) in [5.41, 5.74) is 1.23. The fraction of sp³-hybridized carbons (Fsp3) is 1.00. The Morgan fingerprint density at radius 1 is 0.871 bits per heavy atom. The highest BCUT2D eigenvalue weighted by molar-refractivity contribution is 9.09. The Balaban J connectivity index is 1.41. The molecule has 4 rings (SSSR count). The summed E-state index contributed by atoms with van der Waals surface area (Å²) >= 11 is 3.54. The molecule has 4 aliphatic rings. The second-order valence-electron chi connectivity index (χ2n) is 13.1. The standard InChI is InChI=1S/C29H51BrO/c1-20(2)7-6-8-21(3)25-11-12-26-24-10-9-22-19-23(31-18-17-30)13-15-28(22,4)27(24)14-16-29(25,26)5/h20-27H,6-19H2,1-5H3. The van der Waals surface area contributed by atoms with E-state index in [2.05, 4.69) is 50.5 Å². The molecule has 0 aromatic rings. The molecule has 180 valence electrons. The van der Waals surface area contributed by atoms with Crippen molar-refractivity contribution in [3.05, 3.63) is 0 Å². The molecule has 4 aliphatic carbocycles. The minimum absolute atomic E-state index is 0.531. The van der Waals surface area contributed by atoms with Gasteiger partial charge in [-0.3, -0.25) is 0 Å². The van der Waals surface area contributed by atoms with Crippen molar-refractivity contribution in [1.82, 2.24) is 0 Å². The lowest BCUT2D eigenvalue weighted by molar-refractivity contribution is -0.135. The van der Waals surface area contributed by atoms with Crippen LogP contribution in [-0.2, 0) is 4.74 Å². The van der Waals surface area contributed by atoms with Gasteiger partial charge in [-0.1, -0.05) is 69.8 Å². The van der Waals surface area contributed by atoms with Gasteiger partial charge in [0.05, 0.1) is 12.7 Å². The molecule has 0 aromatic carbocycles. The monoisotopic (exact) mass is 494 g/mol. The fourth-order valence-corrected chi connectivity index (χ4v) is 9.79. The third-order valence-electron chi connectivity index (χ3n) is 11.2. The van der Waals surface area contributed by atoms with E-state index in [9.17, 15) is 0 Å². The molecule has 9 atom stereocenters. The lowest BCUT2D eigenvalue weighted by atomic mass is 9.44. The van der Waals surface area contributed by atoms with Crippen molar-refractivity contribution in [1.29, 1.82) is 0 Å². The van der Waals surface area contributed by atoms with E-state index in [1.165, 1.54) is 77.0 Å². The Labute approximate surface area is 202 Å². The van der Waals surface area contributed by atoms with Crippen LogP contribution in [0.1, 0.15) is 112 Å². The molecule has 0 saturated heterocycles. The topological polar surface area (TPSA) is 9.23 Å². The van der Waals surface area contributed by atoms with Crippen molar-refractivity contribution in [2.75, 3.05) is 11.9 Å². The number of halogens is 1. The van der Waals surface area contributed by atoms with Crippen molar-refractivity contribution in [2.45, 2.75) is 118 Å². The molecule has 0 heterocycles. The number of alkyl halides is 1. The van der Waals surface area contributed by atoms with Crippen LogP contribution in [0, 0.1) is 52.3 Å². The lowest BCUT2D eigenvalue weighted by Crippen LogP contribution is -2.54. The SMILES string of the molecule is CC(C)CCCC(C)C1CCC2C3CCC4CC(OCCBr)CCC4(C)C3CCC12C. The molecule has 0 amide bonds. The van der Waals surface area contributed by atoms with Crippen LogP contribution in [0.5, 0.6) is 0 Å². The average molecular weight is 496 g/mol. The van der Waals surface area contributed by atoms with Gasteiger partial charge < -0.3 is 4.74 Å². The number of rotatable bonds is 8. The third-order valence-corrected chi connectivity index (χ3v) is 11.6. The van der Waals surface area contributed by atoms with E-state index in [4.69, 9.17) is 4.74 Å². The van der Waals surface area contributed by atoms with Gasteiger partial charge >= 0.3 is 0 Å². The van der Waals surface area contributed by atoms with Crippen LogP contribution in [0.3, 0.4) is 0 Å². The molecule has 31 heavy (non-hydrogen) atoms. The molecular formula is C29H51BrO. The summed E-state index contributed by atoms with van der Waals surface area (Å²) in [7, 11) is 0. The lowest BCUT2D eigenvalue weighted by Gasteiger charge is -2.61. The smallest absolute Gasteiger partial charge is 0.0578 e. The van der Waals surface area contributed by atoms with Crippen molar-refractivity contribution in [3.8, 4) is 0 Å². The minimum Gasteiger partial charge on any atom is -0.377 e. The molecule has 0 aliphatic heterocycles. The summed E-state index contributed by atoms with van der Waals surface area (Å²) in [6.07, 6.45) is 18.0. The molecule has 0 spiro atoms. The van der Waals surface area contributed by atoms with Gasteiger partial charge in [0.1, 0.15) is 0 Å². The average Bonchev–Trinajstić information content (AvgIpc) is 3.09. The highest BCUT2D eigenvalue weighted by Crippen LogP contribution is 2.68. The molecule has 0 aromatic heterocycles. The number of fused-ring (bicyclic) bond motifs is 5.